The third-order valence-electron chi connectivity index (χ3n) is 1.52. The number of pyridine rings is 1. The molecule has 1 rings (SSSR count). The maximum atomic E-state index is 5.60. The molecule has 0 saturated heterocycles. The Hall–Kier alpha value is -1.34. The molecule has 0 fully saturated rings. The van der Waals surface area contributed by atoms with E-state index < -0.39 is 0 Å². The summed E-state index contributed by atoms with van der Waals surface area (Å²) >= 11 is 1.72. The average Bonchev–Trinajstić information content (AvgIpc) is 2.18. The largest absolute Gasteiger partial charge is 0.399 e. The standard InChI is InChI=1S/C10H13N3S/c1-2-6-14-7-5-13-10-8-9(11)3-4-12-10/h1,3-4,8H,5-7H2,(H3,11,12,13). The van der Waals surface area contributed by atoms with Crippen LogP contribution in [-0.4, -0.2) is 23.0 Å². The summed E-state index contributed by atoms with van der Waals surface area (Å²) in [6.07, 6.45) is 6.81. The third-order valence-corrected chi connectivity index (χ3v) is 2.39. The van der Waals surface area contributed by atoms with Crippen molar-refractivity contribution in [1.29, 1.82) is 0 Å². The zero-order valence-electron chi connectivity index (χ0n) is 7.86. The van der Waals surface area contributed by atoms with E-state index in [9.17, 15) is 0 Å². The van der Waals surface area contributed by atoms with Crippen LogP contribution in [-0.2, 0) is 0 Å². The van der Waals surface area contributed by atoms with Crippen molar-refractivity contribution in [1.82, 2.24) is 4.98 Å². The topological polar surface area (TPSA) is 50.9 Å². The van der Waals surface area contributed by atoms with Gasteiger partial charge in [-0.25, -0.2) is 4.98 Å². The van der Waals surface area contributed by atoms with Crippen molar-refractivity contribution in [3.05, 3.63) is 18.3 Å². The molecular weight excluding hydrogens is 194 g/mol. The van der Waals surface area contributed by atoms with Crippen molar-refractivity contribution in [3.8, 4) is 12.3 Å². The summed E-state index contributed by atoms with van der Waals surface area (Å²) in [6, 6.07) is 3.57. The highest BCUT2D eigenvalue weighted by Gasteiger charge is 1.93. The minimum atomic E-state index is 0.721. The summed E-state index contributed by atoms with van der Waals surface area (Å²) in [5.41, 5.74) is 6.32. The Bertz CT molecular complexity index is 319. The van der Waals surface area contributed by atoms with Gasteiger partial charge in [-0.3, -0.25) is 0 Å². The van der Waals surface area contributed by atoms with Gasteiger partial charge in [-0.2, -0.15) is 0 Å². The van der Waals surface area contributed by atoms with Crippen LogP contribution in [0.15, 0.2) is 18.3 Å². The normalized spacial score (nSPS) is 9.36. The number of nitrogen functional groups attached to an aromatic ring is 1. The fourth-order valence-electron chi connectivity index (χ4n) is 0.926. The molecule has 1 aromatic rings. The van der Waals surface area contributed by atoms with Gasteiger partial charge in [0.25, 0.3) is 0 Å². The molecule has 4 heteroatoms. The number of nitrogens with zero attached hydrogens (tertiary/aromatic N) is 1. The van der Waals surface area contributed by atoms with Crippen molar-refractivity contribution < 1.29 is 0 Å². The van der Waals surface area contributed by atoms with Gasteiger partial charge in [-0.15, -0.1) is 18.2 Å². The van der Waals surface area contributed by atoms with Crippen LogP contribution in [0.3, 0.4) is 0 Å². The molecule has 0 aliphatic heterocycles. The molecule has 0 saturated carbocycles. The number of nitrogens with one attached hydrogen (secondary N) is 1. The number of hydrogen-bond donors (Lipinski definition) is 2. The van der Waals surface area contributed by atoms with E-state index in [1.165, 1.54) is 0 Å². The second-order valence-electron chi connectivity index (χ2n) is 2.66. The molecule has 0 unspecified atom stereocenters. The first-order valence-corrected chi connectivity index (χ1v) is 5.45. The fraction of sp³-hybridized carbons (Fsp3) is 0.300. The molecule has 3 N–H and O–H groups in total. The summed E-state index contributed by atoms with van der Waals surface area (Å²) in [5.74, 6) is 5.12. The van der Waals surface area contributed by atoms with E-state index in [2.05, 4.69) is 16.2 Å². The smallest absolute Gasteiger partial charge is 0.127 e. The lowest BCUT2D eigenvalue weighted by molar-refractivity contribution is 1.17. The monoisotopic (exact) mass is 207 g/mol. The van der Waals surface area contributed by atoms with Crippen LogP contribution < -0.4 is 11.1 Å². The molecule has 0 aliphatic carbocycles. The maximum Gasteiger partial charge on any atom is 0.127 e. The molecular formula is C10H13N3S. The molecule has 0 amide bonds. The van der Waals surface area contributed by atoms with Gasteiger partial charge in [0.2, 0.25) is 0 Å². The molecule has 0 spiro atoms. The van der Waals surface area contributed by atoms with Gasteiger partial charge in [0.05, 0.1) is 5.75 Å². The molecule has 1 aromatic heterocycles. The highest BCUT2D eigenvalue weighted by atomic mass is 32.2. The minimum Gasteiger partial charge on any atom is -0.399 e. The molecule has 74 valence electrons. The predicted octanol–water partition coefficient (Wildman–Crippen LogP) is 1.44. The molecule has 3 nitrogen and oxygen atoms in total. The van der Waals surface area contributed by atoms with Crippen LogP contribution in [0.2, 0.25) is 0 Å². The fourth-order valence-corrected chi connectivity index (χ4v) is 1.43. The summed E-state index contributed by atoms with van der Waals surface area (Å²) in [5, 5.41) is 3.16. The molecule has 0 atom stereocenters. The van der Waals surface area contributed by atoms with Gasteiger partial charge >= 0.3 is 0 Å². The van der Waals surface area contributed by atoms with Crippen LogP contribution in [0.1, 0.15) is 0 Å². The van der Waals surface area contributed by atoms with Crippen LogP contribution in [0, 0.1) is 12.3 Å². The molecule has 0 aliphatic rings. The van der Waals surface area contributed by atoms with E-state index >= 15 is 0 Å². The van der Waals surface area contributed by atoms with Crippen molar-refractivity contribution >= 4 is 23.3 Å². The van der Waals surface area contributed by atoms with Gasteiger partial charge < -0.3 is 11.1 Å². The van der Waals surface area contributed by atoms with Crippen molar-refractivity contribution in [2.24, 2.45) is 0 Å². The first-order chi connectivity index (χ1) is 6.83. The van der Waals surface area contributed by atoms with Gasteiger partial charge in [-0.1, -0.05) is 5.92 Å². The van der Waals surface area contributed by atoms with Crippen molar-refractivity contribution in [2.75, 3.05) is 29.1 Å². The third kappa shape index (κ3) is 4.06. The minimum absolute atomic E-state index is 0.721. The molecule has 1 heterocycles. The van der Waals surface area contributed by atoms with E-state index in [-0.39, 0.29) is 0 Å². The van der Waals surface area contributed by atoms with Gasteiger partial charge in [0.1, 0.15) is 5.82 Å². The molecule has 0 radical (unpaired) electrons. The second-order valence-corrected chi connectivity index (χ2v) is 3.76. The lowest BCUT2D eigenvalue weighted by Crippen LogP contribution is -2.06. The van der Waals surface area contributed by atoms with Gasteiger partial charge in [-0.05, 0) is 6.07 Å². The molecule has 14 heavy (non-hydrogen) atoms. The predicted molar refractivity (Wildman–Crippen MR) is 63.3 cm³/mol. The maximum absolute atomic E-state index is 5.60. The number of thioether (sulfide) groups is 1. The Morgan fingerprint density at radius 3 is 3.21 bits per heavy atom. The summed E-state index contributed by atoms with van der Waals surface area (Å²) < 4.78 is 0. The van der Waals surface area contributed by atoms with E-state index in [0.29, 0.717) is 0 Å². The van der Waals surface area contributed by atoms with Crippen LogP contribution >= 0.6 is 11.8 Å². The van der Waals surface area contributed by atoms with E-state index in [0.717, 1.165) is 29.6 Å². The SMILES string of the molecule is C#CCSCCNc1cc(N)ccn1. The lowest BCUT2D eigenvalue weighted by Gasteiger charge is -2.04. The highest BCUT2D eigenvalue weighted by Crippen LogP contribution is 2.07. The first-order valence-electron chi connectivity index (χ1n) is 4.29. The van der Waals surface area contributed by atoms with Crippen LogP contribution in [0.4, 0.5) is 11.5 Å². The quantitative estimate of drug-likeness (QED) is 0.566. The average molecular weight is 207 g/mol. The summed E-state index contributed by atoms with van der Waals surface area (Å²) in [4.78, 5) is 4.12. The summed E-state index contributed by atoms with van der Waals surface area (Å²) in [7, 11) is 0. The number of aromatic nitrogens is 1. The summed E-state index contributed by atoms with van der Waals surface area (Å²) in [6.45, 7) is 0.850. The lowest BCUT2D eigenvalue weighted by atomic mass is 10.4. The van der Waals surface area contributed by atoms with Crippen LogP contribution in [0.5, 0.6) is 0 Å². The Morgan fingerprint density at radius 1 is 1.64 bits per heavy atom. The number of terminal acetylenes is 1. The van der Waals surface area contributed by atoms with E-state index in [1.54, 1.807) is 24.0 Å². The van der Waals surface area contributed by atoms with Crippen molar-refractivity contribution in [3.63, 3.8) is 0 Å². The number of anilines is 2. The Morgan fingerprint density at radius 2 is 2.50 bits per heavy atom. The van der Waals surface area contributed by atoms with E-state index in [4.69, 9.17) is 12.2 Å². The van der Waals surface area contributed by atoms with Crippen LogP contribution in [0.25, 0.3) is 0 Å². The van der Waals surface area contributed by atoms with Gasteiger partial charge in [0, 0.05) is 30.2 Å². The second kappa shape index (κ2) is 6.17. The highest BCUT2D eigenvalue weighted by molar-refractivity contribution is 7.99. The zero-order valence-corrected chi connectivity index (χ0v) is 8.68. The Kier molecular flexibility index (Phi) is 4.73. The molecule has 0 aromatic carbocycles. The van der Waals surface area contributed by atoms with Crippen molar-refractivity contribution in [2.45, 2.75) is 0 Å². The van der Waals surface area contributed by atoms with Gasteiger partial charge in [0.15, 0.2) is 0 Å². The number of nitrogens with two attached hydrogens (primary N) is 1. The zero-order chi connectivity index (χ0) is 10.2. The van der Waals surface area contributed by atoms with E-state index in [1.807, 2.05) is 6.07 Å². The Labute approximate surface area is 88.5 Å². The number of hydrogen-bond acceptors (Lipinski definition) is 4. The molecule has 0 bridgehead atoms. The first kappa shape index (κ1) is 10.7. The number of rotatable bonds is 5. The Balaban J connectivity index is 2.22.